The number of aromatic nitrogens is 2. The van der Waals surface area contributed by atoms with Crippen molar-refractivity contribution in [2.45, 2.75) is 19.9 Å². The summed E-state index contributed by atoms with van der Waals surface area (Å²) < 4.78 is 5.68. The third-order valence-electron chi connectivity index (χ3n) is 3.34. The quantitative estimate of drug-likeness (QED) is 0.797. The topological polar surface area (TPSA) is 68.0 Å². The van der Waals surface area contributed by atoms with E-state index in [0.717, 1.165) is 27.9 Å². The smallest absolute Gasteiger partial charge is 0.224 e. The summed E-state index contributed by atoms with van der Waals surface area (Å²) in [7, 11) is 0. The molecular formula is C16H15N3O2. The van der Waals surface area contributed by atoms with E-state index >= 15 is 0 Å². The molecule has 0 bridgehead atoms. The van der Waals surface area contributed by atoms with Crippen LogP contribution in [-0.2, 0) is 17.8 Å². The van der Waals surface area contributed by atoms with Gasteiger partial charge in [-0.05, 0) is 18.6 Å². The van der Waals surface area contributed by atoms with Crippen LogP contribution in [0.1, 0.15) is 16.9 Å². The first-order valence-corrected chi connectivity index (χ1v) is 6.71. The van der Waals surface area contributed by atoms with Crippen molar-refractivity contribution < 1.29 is 9.21 Å². The fraction of sp³-hybridized carbons (Fsp3) is 0.188. The Labute approximate surface area is 122 Å². The van der Waals surface area contributed by atoms with Crippen LogP contribution in [0.25, 0.3) is 11.0 Å². The lowest BCUT2D eigenvalue weighted by Gasteiger charge is -2.04. The van der Waals surface area contributed by atoms with Crippen molar-refractivity contribution in [1.29, 1.82) is 0 Å². The first-order valence-electron chi connectivity index (χ1n) is 6.71. The number of carbonyl (C=O) groups is 1. The Hall–Kier alpha value is -2.69. The highest BCUT2D eigenvalue weighted by Crippen LogP contribution is 2.24. The highest BCUT2D eigenvalue weighted by atomic mass is 16.3. The fourth-order valence-corrected chi connectivity index (χ4v) is 2.30. The molecule has 0 saturated carbocycles. The fourth-order valence-electron chi connectivity index (χ4n) is 2.30. The number of nitrogens with zero attached hydrogens (tertiary/aromatic N) is 2. The van der Waals surface area contributed by atoms with Crippen molar-refractivity contribution in [2.24, 2.45) is 0 Å². The van der Waals surface area contributed by atoms with Crippen LogP contribution in [0.4, 0.5) is 0 Å². The summed E-state index contributed by atoms with van der Waals surface area (Å²) in [4.78, 5) is 19.8. The van der Waals surface area contributed by atoms with Crippen LogP contribution < -0.4 is 5.32 Å². The molecule has 0 aliphatic rings. The van der Waals surface area contributed by atoms with Gasteiger partial charge in [0.1, 0.15) is 17.7 Å². The molecule has 0 unspecified atom stereocenters. The van der Waals surface area contributed by atoms with E-state index in [4.69, 9.17) is 4.42 Å². The number of hydrogen-bond donors (Lipinski definition) is 1. The number of nitrogens with one attached hydrogen (secondary N) is 1. The summed E-state index contributed by atoms with van der Waals surface area (Å²) >= 11 is 0. The highest BCUT2D eigenvalue weighted by molar-refractivity contribution is 5.83. The van der Waals surface area contributed by atoms with Crippen molar-refractivity contribution in [3.8, 4) is 0 Å². The van der Waals surface area contributed by atoms with E-state index < -0.39 is 0 Å². The molecule has 106 valence electrons. The Balaban J connectivity index is 1.69. The third kappa shape index (κ3) is 2.91. The molecule has 0 spiro atoms. The molecule has 2 aromatic heterocycles. The van der Waals surface area contributed by atoms with Gasteiger partial charge >= 0.3 is 0 Å². The minimum atomic E-state index is -0.0607. The van der Waals surface area contributed by atoms with Crippen molar-refractivity contribution in [2.75, 3.05) is 0 Å². The number of rotatable bonds is 4. The van der Waals surface area contributed by atoms with Crippen LogP contribution in [0, 0.1) is 6.92 Å². The van der Waals surface area contributed by atoms with Gasteiger partial charge < -0.3 is 9.73 Å². The van der Waals surface area contributed by atoms with Crippen molar-refractivity contribution in [3.63, 3.8) is 0 Å². The molecule has 0 radical (unpaired) electrons. The molecule has 1 amide bonds. The molecule has 21 heavy (non-hydrogen) atoms. The van der Waals surface area contributed by atoms with Crippen LogP contribution in [0.3, 0.4) is 0 Å². The van der Waals surface area contributed by atoms with Crippen LogP contribution in [0.2, 0.25) is 0 Å². The molecule has 3 aromatic rings. The second kappa shape index (κ2) is 5.75. The van der Waals surface area contributed by atoms with Gasteiger partial charge in [0, 0.05) is 29.9 Å². The molecule has 1 aromatic carbocycles. The average Bonchev–Trinajstić information content (AvgIpc) is 2.81. The van der Waals surface area contributed by atoms with Gasteiger partial charge in [0.25, 0.3) is 0 Å². The van der Waals surface area contributed by atoms with E-state index in [2.05, 4.69) is 15.3 Å². The van der Waals surface area contributed by atoms with Gasteiger partial charge in [-0.3, -0.25) is 4.79 Å². The summed E-state index contributed by atoms with van der Waals surface area (Å²) in [5, 5.41) is 3.95. The standard InChI is InChI=1S/C16H15N3O2/c1-11-14(13-4-2-3-5-15(13)21-11)9-19-16(20)6-12-7-17-10-18-8-12/h2-5,7-8,10H,6,9H2,1H3,(H,19,20). The molecule has 5 nitrogen and oxygen atoms in total. The largest absolute Gasteiger partial charge is 0.461 e. The molecule has 3 rings (SSSR count). The third-order valence-corrected chi connectivity index (χ3v) is 3.34. The van der Waals surface area contributed by atoms with Crippen LogP contribution in [-0.4, -0.2) is 15.9 Å². The zero-order valence-corrected chi connectivity index (χ0v) is 11.7. The van der Waals surface area contributed by atoms with Gasteiger partial charge in [-0.1, -0.05) is 18.2 Å². The van der Waals surface area contributed by atoms with Crippen molar-refractivity contribution >= 4 is 16.9 Å². The molecule has 0 saturated heterocycles. The Morgan fingerprint density at radius 1 is 1.24 bits per heavy atom. The molecule has 5 heteroatoms. The summed E-state index contributed by atoms with van der Waals surface area (Å²) in [5.74, 6) is 0.772. The summed E-state index contributed by atoms with van der Waals surface area (Å²) in [6, 6.07) is 7.82. The first kappa shape index (κ1) is 13.3. The molecule has 0 fully saturated rings. The number of carbonyl (C=O) groups excluding carboxylic acids is 1. The second-order valence-corrected chi connectivity index (χ2v) is 4.83. The van der Waals surface area contributed by atoms with Crippen LogP contribution in [0.15, 0.2) is 47.4 Å². The monoisotopic (exact) mass is 281 g/mol. The minimum absolute atomic E-state index is 0.0607. The lowest BCUT2D eigenvalue weighted by molar-refractivity contribution is -0.120. The van der Waals surface area contributed by atoms with Gasteiger partial charge in [0.15, 0.2) is 0 Å². The summed E-state index contributed by atoms with van der Waals surface area (Å²) in [5.41, 5.74) is 2.66. The SMILES string of the molecule is Cc1oc2ccccc2c1CNC(=O)Cc1cncnc1. The van der Waals surface area contributed by atoms with E-state index in [0.29, 0.717) is 6.54 Å². The zero-order valence-electron chi connectivity index (χ0n) is 11.7. The molecule has 0 aliphatic carbocycles. The maximum Gasteiger partial charge on any atom is 0.224 e. The molecule has 0 aliphatic heterocycles. The molecule has 2 heterocycles. The van der Waals surface area contributed by atoms with Crippen molar-refractivity contribution in [1.82, 2.24) is 15.3 Å². The maximum atomic E-state index is 12.0. The number of para-hydroxylation sites is 1. The van der Waals surface area contributed by atoms with Crippen LogP contribution >= 0.6 is 0 Å². The predicted octanol–water partition coefficient (Wildman–Crippen LogP) is 2.39. The minimum Gasteiger partial charge on any atom is -0.461 e. The molecule has 0 atom stereocenters. The van der Waals surface area contributed by atoms with E-state index in [9.17, 15) is 4.79 Å². The Morgan fingerprint density at radius 2 is 2.00 bits per heavy atom. The average molecular weight is 281 g/mol. The highest BCUT2D eigenvalue weighted by Gasteiger charge is 2.11. The summed E-state index contributed by atoms with van der Waals surface area (Å²) in [6.45, 7) is 2.36. The van der Waals surface area contributed by atoms with E-state index in [1.165, 1.54) is 6.33 Å². The Bertz CT molecular complexity index is 766. The first-order chi connectivity index (χ1) is 10.2. The van der Waals surface area contributed by atoms with E-state index in [1.807, 2.05) is 31.2 Å². The Kier molecular flexibility index (Phi) is 3.64. The Morgan fingerprint density at radius 3 is 2.81 bits per heavy atom. The summed E-state index contributed by atoms with van der Waals surface area (Å²) in [6.07, 6.45) is 5.01. The van der Waals surface area contributed by atoms with Gasteiger partial charge in [0.2, 0.25) is 5.91 Å². The molecule has 1 N–H and O–H groups in total. The number of benzene rings is 1. The van der Waals surface area contributed by atoms with E-state index in [-0.39, 0.29) is 12.3 Å². The van der Waals surface area contributed by atoms with Gasteiger partial charge in [0.05, 0.1) is 6.42 Å². The lowest BCUT2D eigenvalue weighted by atomic mass is 10.1. The van der Waals surface area contributed by atoms with E-state index in [1.54, 1.807) is 12.4 Å². The second-order valence-electron chi connectivity index (χ2n) is 4.83. The van der Waals surface area contributed by atoms with Crippen molar-refractivity contribution in [3.05, 3.63) is 59.9 Å². The number of furan rings is 1. The number of amides is 1. The normalized spacial score (nSPS) is 10.7. The van der Waals surface area contributed by atoms with Gasteiger partial charge in [-0.15, -0.1) is 0 Å². The van der Waals surface area contributed by atoms with Gasteiger partial charge in [-0.2, -0.15) is 0 Å². The maximum absolute atomic E-state index is 12.0. The van der Waals surface area contributed by atoms with Gasteiger partial charge in [-0.25, -0.2) is 9.97 Å². The molecular weight excluding hydrogens is 266 g/mol. The number of aryl methyl sites for hydroxylation is 1. The zero-order chi connectivity index (χ0) is 14.7. The number of hydrogen-bond acceptors (Lipinski definition) is 4. The lowest BCUT2D eigenvalue weighted by Crippen LogP contribution is -2.24. The van der Waals surface area contributed by atoms with Crippen LogP contribution in [0.5, 0.6) is 0 Å². The predicted molar refractivity (Wildman–Crippen MR) is 78.5 cm³/mol. The number of fused-ring (bicyclic) bond motifs is 1.